The summed E-state index contributed by atoms with van der Waals surface area (Å²) in [6.07, 6.45) is 1.60. The van der Waals surface area contributed by atoms with Gasteiger partial charge < -0.3 is 14.8 Å². The van der Waals surface area contributed by atoms with E-state index in [9.17, 15) is 0 Å². The van der Waals surface area contributed by atoms with Crippen molar-refractivity contribution in [2.75, 3.05) is 20.2 Å². The largest absolute Gasteiger partial charge is 0.380 e. The normalized spacial score (nSPS) is 30.5. The predicted molar refractivity (Wildman–Crippen MR) is 52.9 cm³/mol. The lowest BCUT2D eigenvalue weighted by molar-refractivity contribution is -0.0901. The second kappa shape index (κ2) is 4.40. The first kappa shape index (κ1) is 11.0. The van der Waals surface area contributed by atoms with Crippen LogP contribution in [0.2, 0.25) is 0 Å². The van der Waals surface area contributed by atoms with E-state index >= 15 is 0 Å². The zero-order valence-corrected chi connectivity index (χ0v) is 9.09. The molecule has 0 spiro atoms. The molecular formula is C10H21NO2. The molecule has 1 rings (SSSR count). The molecule has 0 saturated carbocycles. The van der Waals surface area contributed by atoms with E-state index in [4.69, 9.17) is 9.47 Å². The van der Waals surface area contributed by atoms with E-state index in [-0.39, 0.29) is 5.60 Å². The van der Waals surface area contributed by atoms with Crippen molar-refractivity contribution in [3.63, 3.8) is 0 Å². The first-order valence-corrected chi connectivity index (χ1v) is 4.92. The van der Waals surface area contributed by atoms with Gasteiger partial charge >= 0.3 is 0 Å². The van der Waals surface area contributed by atoms with Crippen molar-refractivity contribution in [1.29, 1.82) is 0 Å². The van der Waals surface area contributed by atoms with Crippen LogP contribution in [0, 0.1) is 0 Å². The van der Waals surface area contributed by atoms with Gasteiger partial charge in [0.15, 0.2) is 0 Å². The maximum absolute atomic E-state index is 5.87. The van der Waals surface area contributed by atoms with Gasteiger partial charge in [-0.1, -0.05) is 0 Å². The van der Waals surface area contributed by atoms with Crippen molar-refractivity contribution in [1.82, 2.24) is 5.32 Å². The first-order valence-electron chi connectivity index (χ1n) is 4.92. The summed E-state index contributed by atoms with van der Waals surface area (Å²) in [6, 6.07) is 0. The lowest BCUT2D eigenvalue weighted by atomic mass is 10.1. The summed E-state index contributed by atoms with van der Waals surface area (Å²) in [5.41, 5.74) is -0.0536. The van der Waals surface area contributed by atoms with E-state index < -0.39 is 0 Å². The highest BCUT2D eigenvalue weighted by Gasteiger charge is 2.25. The third-order valence-electron chi connectivity index (χ3n) is 2.12. The van der Waals surface area contributed by atoms with Crippen LogP contribution < -0.4 is 5.32 Å². The van der Waals surface area contributed by atoms with E-state index in [0.29, 0.717) is 12.2 Å². The van der Waals surface area contributed by atoms with Crippen LogP contribution in [0.25, 0.3) is 0 Å². The van der Waals surface area contributed by atoms with E-state index in [1.165, 1.54) is 0 Å². The fourth-order valence-corrected chi connectivity index (χ4v) is 1.63. The molecule has 13 heavy (non-hydrogen) atoms. The standard InChI is InChI=1S/C10H21NO2/c1-10(2,3)13-9-5-8(12-4)6-11-7-9/h8-9,11H,5-7H2,1-4H3/t8-,9-/m1/s1. The van der Waals surface area contributed by atoms with Crippen LogP contribution in [0.15, 0.2) is 0 Å². The maximum Gasteiger partial charge on any atom is 0.0731 e. The zero-order valence-electron chi connectivity index (χ0n) is 9.09. The van der Waals surface area contributed by atoms with Gasteiger partial charge in [0, 0.05) is 26.6 Å². The molecule has 1 aliphatic rings. The van der Waals surface area contributed by atoms with Crippen molar-refractivity contribution < 1.29 is 9.47 Å². The third-order valence-corrected chi connectivity index (χ3v) is 2.12. The van der Waals surface area contributed by atoms with Gasteiger partial charge in [0.2, 0.25) is 0 Å². The maximum atomic E-state index is 5.87. The van der Waals surface area contributed by atoms with Crippen molar-refractivity contribution in [3.8, 4) is 0 Å². The Morgan fingerprint density at radius 3 is 2.31 bits per heavy atom. The molecule has 1 heterocycles. The Morgan fingerprint density at radius 1 is 1.15 bits per heavy atom. The van der Waals surface area contributed by atoms with Crippen molar-refractivity contribution in [2.24, 2.45) is 0 Å². The van der Waals surface area contributed by atoms with Crippen LogP contribution in [0.4, 0.5) is 0 Å². The minimum absolute atomic E-state index is 0.0536. The van der Waals surface area contributed by atoms with E-state index in [1.54, 1.807) is 7.11 Å². The van der Waals surface area contributed by atoms with Gasteiger partial charge in [-0.25, -0.2) is 0 Å². The Balaban J connectivity index is 2.34. The monoisotopic (exact) mass is 187 g/mol. The topological polar surface area (TPSA) is 30.5 Å². The van der Waals surface area contributed by atoms with Crippen molar-refractivity contribution >= 4 is 0 Å². The molecule has 1 fully saturated rings. The van der Waals surface area contributed by atoms with E-state index in [2.05, 4.69) is 26.1 Å². The van der Waals surface area contributed by atoms with Gasteiger partial charge in [0.05, 0.1) is 17.8 Å². The number of hydrogen-bond acceptors (Lipinski definition) is 3. The number of ether oxygens (including phenoxy) is 2. The number of rotatable bonds is 2. The molecule has 1 N–H and O–H groups in total. The first-order chi connectivity index (χ1) is 6.01. The summed E-state index contributed by atoms with van der Waals surface area (Å²) in [5, 5.41) is 3.31. The van der Waals surface area contributed by atoms with Gasteiger partial charge in [-0.05, 0) is 20.8 Å². The average molecular weight is 187 g/mol. The molecule has 1 aliphatic heterocycles. The van der Waals surface area contributed by atoms with Crippen LogP contribution >= 0.6 is 0 Å². The van der Waals surface area contributed by atoms with Crippen LogP contribution in [-0.2, 0) is 9.47 Å². The molecule has 78 valence electrons. The molecule has 3 nitrogen and oxygen atoms in total. The molecule has 0 aromatic carbocycles. The number of piperidine rings is 1. The summed E-state index contributed by atoms with van der Waals surface area (Å²) >= 11 is 0. The van der Waals surface area contributed by atoms with Gasteiger partial charge in [0.25, 0.3) is 0 Å². The molecule has 3 heteroatoms. The lowest BCUT2D eigenvalue weighted by Crippen LogP contribution is -2.46. The molecular weight excluding hydrogens is 166 g/mol. The van der Waals surface area contributed by atoms with Crippen LogP contribution in [-0.4, -0.2) is 38.0 Å². The van der Waals surface area contributed by atoms with Crippen molar-refractivity contribution in [3.05, 3.63) is 0 Å². The van der Waals surface area contributed by atoms with Gasteiger partial charge in [-0.2, -0.15) is 0 Å². The minimum atomic E-state index is -0.0536. The summed E-state index contributed by atoms with van der Waals surface area (Å²) in [5.74, 6) is 0. The smallest absolute Gasteiger partial charge is 0.0731 e. The Morgan fingerprint density at radius 2 is 1.77 bits per heavy atom. The van der Waals surface area contributed by atoms with Crippen LogP contribution in [0.5, 0.6) is 0 Å². The summed E-state index contributed by atoms with van der Waals surface area (Å²) < 4.78 is 11.2. The summed E-state index contributed by atoms with van der Waals surface area (Å²) in [6.45, 7) is 8.15. The SMILES string of the molecule is CO[C@H]1CNC[C@H](OC(C)(C)C)C1. The number of hydrogen-bond donors (Lipinski definition) is 1. The van der Waals surface area contributed by atoms with Crippen LogP contribution in [0.1, 0.15) is 27.2 Å². The zero-order chi connectivity index (χ0) is 9.90. The van der Waals surface area contributed by atoms with Gasteiger partial charge in [-0.3, -0.25) is 0 Å². The number of methoxy groups -OCH3 is 1. The van der Waals surface area contributed by atoms with E-state index in [1.807, 2.05) is 0 Å². The molecule has 0 radical (unpaired) electrons. The fourth-order valence-electron chi connectivity index (χ4n) is 1.63. The molecule has 0 amide bonds. The van der Waals surface area contributed by atoms with Crippen LogP contribution in [0.3, 0.4) is 0 Å². The Labute approximate surface area is 80.8 Å². The second-order valence-electron chi connectivity index (χ2n) is 4.60. The van der Waals surface area contributed by atoms with Gasteiger partial charge in [0.1, 0.15) is 0 Å². The Hall–Kier alpha value is -0.120. The predicted octanol–water partition coefficient (Wildman–Crippen LogP) is 1.18. The lowest BCUT2D eigenvalue weighted by Gasteiger charge is -2.33. The Kier molecular flexibility index (Phi) is 3.71. The minimum Gasteiger partial charge on any atom is -0.380 e. The fraction of sp³-hybridized carbons (Fsp3) is 1.00. The van der Waals surface area contributed by atoms with E-state index in [0.717, 1.165) is 19.5 Å². The second-order valence-corrected chi connectivity index (χ2v) is 4.60. The molecule has 0 aromatic heterocycles. The summed E-state index contributed by atoms with van der Waals surface area (Å²) in [4.78, 5) is 0. The highest BCUT2D eigenvalue weighted by molar-refractivity contribution is 4.79. The van der Waals surface area contributed by atoms with Crippen molar-refractivity contribution in [2.45, 2.75) is 45.0 Å². The number of nitrogens with one attached hydrogen (secondary N) is 1. The molecule has 2 atom stereocenters. The molecule has 0 aromatic rings. The highest BCUT2D eigenvalue weighted by Crippen LogP contribution is 2.17. The molecule has 0 aliphatic carbocycles. The molecule has 0 unspecified atom stereocenters. The Bertz CT molecular complexity index is 153. The highest BCUT2D eigenvalue weighted by atomic mass is 16.5. The quantitative estimate of drug-likeness (QED) is 0.704. The molecule has 1 saturated heterocycles. The van der Waals surface area contributed by atoms with Gasteiger partial charge in [-0.15, -0.1) is 0 Å². The summed E-state index contributed by atoms with van der Waals surface area (Å²) in [7, 11) is 1.76. The third kappa shape index (κ3) is 4.07. The molecule has 0 bridgehead atoms. The average Bonchev–Trinajstić information content (AvgIpc) is 2.01.